The number of thiocarbonyl (C=S) groups is 1. The first kappa shape index (κ1) is 17.8. The van der Waals surface area contributed by atoms with Gasteiger partial charge in [-0.15, -0.1) is 0 Å². The Balaban J connectivity index is 1.90. The summed E-state index contributed by atoms with van der Waals surface area (Å²) in [7, 11) is 0. The number of hydrogen-bond acceptors (Lipinski definition) is 6. The molecule has 0 radical (unpaired) electrons. The molecule has 1 amide bonds. The first-order chi connectivity index (χ1) is 12.4. The zero-order valence-corrected chi connectivity index (χ0v) is 14.6. The van der Waals surface area contributed by atoms with Crippen molar-refractivity contribution in [2.75, 3.05) is 4.90 Å². The highest BCUT2D eigenvalue weighted by Crippen LogP contribution is 2.36. The van der Waals surface area contributed by atoms with Crippen molar-refractivity contribution in [3.63, 3.8) is 0 Å². The SMILES string of the molecule is O=C(O)c1ccc(N2C(=O)C(=Cc3cccc([N+](=O)[O-])c3)SC2=S)cc1. The molecule has 2 aromatic carbocycles. The highest BCUT2D eigenvalue weighted by molar-refractivity contribution is 8.27. The molecule has 2 aromatic rings. The number of carbonyl (C=O) groups excluding carboxylic acids is 1. The van der Waals surface area contributed by atoms with Gasteiger partial charge >= 0.3 is 5.97 Å². The van der Waals surface area contributed by atoms with Gasteiger partial charge in [0, 0.05) is 12.1 Å². The molecule has 1 fully saturated rings. The molecule has 0 aliphatic carbocycles. The molecule has 130 valence electrons. The Bertz CT molecular complexity index is 969. The summed E-state index contributed by atoms with van der Waals surface area (Å²) in [5.41, 5.74) is 1.01. The van der Waals surface area contributed by atoms with Crippen LogP contribution in [0.15, 0.2) is 53.4 Å². The van der Waals surface area contributed by atoms with Crippen LogP contribution in [0.5, 0.6) is 0 Å². The molecule has 0 atom stereocenters. The molecule has 0 saturated carbocycles. The Kier molecular flexibility index (Phi) is 4.83. The second-order valence-electron chi connectivity index (χ2n) is 5.22. The van der Waals surface area contributed by atoms with Crippen molar-refractivity contribution < 1.29 is 19.6 Å². The molecule has 7 nitrogen and oxygen atoms in total. The van der Waals surface area contributed by atoms with E-state index >= 15 is 0 Å². The molecule has 9 heteroatoms. The number of nitro benzene ring substituents is 1. The smallest absolute Gasteiger partial charge is 0.335 e. The van der Waals surface area contributed by atoms with E-state index in [0.717, 1.165) is 11.8 Å². The fraction of sp³-hybridized carbons (Fsp3) is 0. The Morgan fingerprint density at radius 2 is 1.92 bits per heavy atom. The molecule has 1 heterocycles. The highest BCUT2D eigenvalue weighted by Gasteiger charge is 2.33. The molecule has 0 bridgehead atoms. The zero-order valence-electron chi connectivity index (χ0n) is 13.0. The molecule has 1 aliphatic heterocycles. The van der Waals surface area contributed by atoms with Crippen LogP contribution < -0.4 is 4.90 Å². The van der Waals surface area contributed by atoms with Crippen LogP contribution in [0, 0.1) is 10.1 Å². The molecule has 0 spiro atoms. The second-order valence-corrected chi connectivity index (χ2v) is 6.90. The van der Waals surface area contributed by atoms with Crippen molar-refractivity contribution in [2.45, 2.75) is 0 Å². The van der Waals surface area contributed by atoms with E-state index in [1.807, 2.05) is 0 Å². The van der Waals surface area contributed by atoms with Gasteiger partial charge < -0.3 is 5.11 Å². The number of thioether (sulfide) groups is 1. The largest absolute Gasteiger partial charge is 0.478 e. The lowest BCUT2D eigenvalue weighted by molar-refractivity contribution is -0.384. The Morgan fingerprint density at radius 1 is 1.23 bits per heavy atom. The van der Waals surface area contributed by atoms with Gasteiger partial charge in [-0.2, -0.15) is 0 Å². The van der Waals surface area contributed by atoms with Crippen molar-refractivity contribution in [3.8, 4) is 0 Å². The molecule has 0 aromatic heterocycles. The fourth-order valence-corrected chi connectivity index (χ4v) is 3.62. The molecule has 1 aliphatic rings. The number of carbonyl (C=O) groups is 2. The van der Waals surface area contributed by atoms with E-state index < -0.39 is 10.9 Å². The average Bonchev–Trinajstić information content (AvgIpc) is 2.89. The average molecular weight is 386 g/mol. The van der Waals surface area contributed by atoms with Gasteiger partial charge in [-0.25, -0.2) is 4.79 Å². The van der Waals surface area contributed by atoms with Gasteiger partial charge in [-0.1, -0.05) is 36.1 Å². The van der Waals surface area contributed by atoms with Gasteiger partial charge in [0.2, 0.25) is 0 Å². The lowest BCUT2D eigenvalue weighted by atomic mass is 10.1. The van der Waals surface area contributed by atoms with Crippen LogP contribution in [0.4, 0.5) is 11.4 Å². The summed E-state index contributed by atoms with van der Waals surface area (Å²) >= 11 is 6.33. The van der Waals surface area contributed by atoms with E-state index in [-0.39, 0.29) is 17.2 Å². The Labute approximate surface area is 157 Å². The van der Waals surface area contributed by atoms with E-state index in [9.17, 15) is 19.7 Å². The second kappa shape index (κ2) is 7.06. The van der Waals surface area contributed by atoms with E-state index in [2.05, 4.69) is 0 Å². The number of aromatic carboxylic acids is 1. The van der Waals surface area contributed by atoms with Gasteiger partial charge in [-0.05, 0) is 35.9 Å². The van der Waals surface area contributed by atoms with Gasteiger partial charge in [0.25, 0.3) is 11.6 Å². The topological polar surface area (TPSA) is 101 Å². The number of nitrogens with zero attached hydrogens (tertiary/aromatic N) is 2. The molecule has 3 rings (SSSR count). The van der Waals surface area contributed by atoms with Crippen LogP contribution in [-0.2, 0) is 4.79 Å². The summed E-state index contributed by atoms with van der Waals surface area (Å²) in [6.07, 6.45) is 1.54. The number of nitro groups is 1. The molecule has 1 N–H and O–H groups in total. The van der Waals surface area contributed by atoms with Crippen LogP contribution in [0.3, 0.4) is 0 Å². The lowest BCUT2D eigenvalue weighted by Gasteiger charge is -2.14. The van der Waals surface area contributed by atoms with Crippen LogP contribution in [-0.4, -0.2) is 26.2 Å². The van der Waals surface area contributed by atoms with Crippen molar-refractivity contribution in [2.24, 2.45) is 0 Å². The highest BCUT2D eigenvalue weighted by atomic mass is 32.2. The first-order valence-electron chi connectivity index (χ1n) is 7.22. The summed E-state index contributed by atoms with van der Waals surface area (Å²) in [4.78, 5) is 35.6. The van der Waals surface area contributed by atoms with Crippen molar-refractivity contribution in [1.29, 1.82) is 0 Å². The maximum atomic E-state index is 12.7. The summed E-state index contributed by atoms with van der Waals surface area (Å²) in [5, 5.41) is 19.8. The summed E-state index contributed by atoms with van der Waals surface area (Å²) < 4.78 is 0.301. The Hall–Kier alpha value is -3.04. The zero-order chi connectivity index (χ0) is 18.8. The van der Waals surface area contributed by atoms with Crippen molar-refractivity contribution in [1.82, 2.24) is 0 Å². The van der Waals surface area contributed by atoms with Gasteiger partial charge in [0.05, 0.1) is 21.1 Å². The first-order valence-corrected chi connectivity index (χ1v) is 8.45. The lowest BCUT2D eigenvalue weighted by Crippen LogP contribution is -2.27. The fourth-order valence-electron chi connectivity index (χ4n) is 2.32. The van der Waals surface area contributed by atoms with E-state index in [1.54, 1.807) is 6.07 Å². The van der Waals surface area contributed by atoms with Crippen molar-refractivity contribution >= 4 is 57.6 Å². The monoisotopic (exact) mass is 386 g/mol. The predicted octanol–water partition coefficient (Wildman–Crippen LogP) is 3.70. The van der Waals surface area contributed by atoms with Gasteiger partial charge in [0.1, 0.15) is 0 Å². The maximum Gasteiger partial charge on any atom is 0.335 e. The molecule has 26 heavy (non-hydrogen) atoms. The van der Waals surface area contributed by atoms with E-state index in [1.165, 1.54) is 53.4 Å². The number of carboxylic acids is 1. The van der Waals surface area contributed by atoms with Crippen LogP contribution in [0.25, 0.3) is 6.08 Å². The number of hydrogen-bond donors (Lipinski definition) is 1. The molecular formula is C17H10N2O5S2. The minimum atomic E-state index is -1.06. The molecular weight excluding hydrogens is 376 g/mol. The number of rotatable bonds is 4. The van der Waals surface area contributed by atoms with Crippen LogP contribution in [0.1, 0.15) is 15.9 Å². The van der Waals surface area contributed by atoms with E-state index in [4.69, 9.17) is 17.3 Å². The quantitative estimate of drug-likeness (QED) is 0.370. The van der Waals surface area contributed by atoms with Crippen LogP contribution in [0.2, 0.25) is 0 Å². The number of benzene rings is 2. The normalized spacial score (nSPS) is 15.5. The third kappa shape index (κ3) is 3.48. The summed E-state index contributed by atoms with van der Waals surface area (Å²) in [5.74, 6) is -1.43. The number of non-ortho nitro benzene ring substituents is 1. The number of amides is 1. The predicted molar refractivity (Wildman–Crippen MR) is 102 cm³/mol. The summed E-state index contributed by atoms with van der Waals surface area (Å²) in [6.45, 7) is 0. The molecule has 0 unspecified atom stereocenters. The number of carboxylic acid groups (broad SMARTS) is 1. The number of anilines is 1. The maximum absolute atomic E-state index is 12.7. The van der Waals surface area contributed by atoms with E-state index in [0.29, 0.717) is 20.5 Å². The van der Waals surface area contributed by atoms with Gasteiger partial charge in [0.15, 0.2) is 4.32 Å². The van der Waals surface area contributed by atoms with Crippen molar-refractivity contribution in [3.05, 3.63) is 74.7 Å². The third-order valence-corrected chi connectivity index (χ3v) is 4.85. The minimum absolute atomic E-state index is 0.0708. The third-order valence-electron chi connectivity index (χ3n) is 3.54. The Morgan fingerprint density at radius 3 is 2.54 bits per heavy atom. The van der Waals surface area contributed by atoms with Crippen LogP contribution >= 0.6 is 24.0 Å². The molecule has 1 saturated heterocycles. The standard InChI is InChI=1S/C17H10N2O5S2/c20-15-14(9-10-2-1-3-13(8-10)19(23)24)26-17(25)18(15)12-6-4-11(5-7-12)16(21)22/h1-9H,(H,21,22). The van der Waals surface area contributed by atoms with Gasteiger partial charge in [-0.3, -0.25) is 19.8 Å². The summed E-state index contributed by atoms with van der Waals surface area (Å²) in [6, 6.07) is 11.7. The minimum Gasteiger partial charge on any atom is -0.478 e.